The lowest BCUT2D eigenvalue weighted by Crippen LogP contribution is -2.63. The molecule has 4 N–H and O–H groups in total. The molecule has 0 aromatic heterocycles. The second-order valence-electron chi connectivity index (χ2n) is 5.18. The van der Waals surface area contributed by atoms with Crippen LogP contribution in [0.5, 0.6) is 5.75 Å². The monoisotopic (exact) mass is 331 g/mol. The van der Waals surface area contributed by atoms with Gasteiger partial charge in [0.05, 0.1) is 0 Å². The fraction of sp³-hybridized carbons (Fsp3) is 0.125. The summed E-state index contributed by atoms with van der Waals surface area (Å²) in [5.74, 6) is -0.867. The van der Waals surface area contributed by atoms with Crippen LogP contribution < -0.4 is 11.2 Å². The molecule has 23 heavy (non-hydrogen) atoms. The number of aromatic hydroxyl groups is 1. The van der Waals surface area contributed by atoms with Crippen LogP contribution in [0, 0.1) is 0 Å². The zero-order valence-corrected chi connectivity index (χ0v) is 12.7. The molecule has 2 aromatic carbocycles. The second kappa shape index (κ2) is 5.81. The van der Waals surface area contributed by atoms with Gasteiger partial charge in [0.25, 0.3) is 11.8 Å². The largest absolute Gasteiger partial charge is 0.508 e. The zero-order chi connectivity index (χ0) is 16.6. The van der Waals surface area contributed by atoms with Crippen molar-refractivity contribution in [2.24, 2.45) is 0 Å². The molecule has 1 saturated heterocycles. The number of phenols is 1. The average Bonchev–Trinajstić information content (AvgIpc) is 2.56. The van der Waals surface area contributed by atoms with Gasteiger partial charge in [-0.15, -0.1) is 11.6 Å². The summed E-state index contributed by atoms with van der Waals surface area (Å²) >= 11 is 6.05. The summed E-state index contributed by atoms with van der Waals surface area (Å²) in [7, 11) is 0. The number of amides is 2. The maximum absolute atomic E-state index is 12.2. The highest BCUT2D eigenvalue weighted by Gasteiger charge is 2.49. The van der Waals surface area contributed by atoms with Crippen molar-refractivity contribution in [3.8, 4) is 5.75 Å². The molecule has 3 rings (SSSR count). The highest BCUT2D eigenvalue weighted by molar-refractivity contribution is 6.33. The van der Waals surface area contributed by atoms with Crippen molar-refractivity contribution >= 4 is 29.1 Å². The van der Waals surface area contributed by atoms with Crippen molar-refractivity contribution < 1.29 is 14.7 Å². The van der Waals surface area contributed by atoms with Gasteiger partial charge in [-0.3, -0.25) is 15.0 Å². The Morgan fingerprint density at radius 1 is 1.17 bits per heavy atom. The Morgan fingerprint density at radius 3 is 2.48 bits per heavy atom. The number of nitrogens with two attached hydrogens (primary N) is 1. The molecule has 7 heteroatoms. The van der Waals surface area contributed by atoms with E-state index in [1.807, 2.05) is 0 Å². The van der Waals surface area contributed by atoms with Crippen molar-refractivity contribution in [1.82, 2.24) is 10.4 Å². The number of rotatable bonds is 3. The second-order valence-corrected chi connectivity index (χ2v) is 5.65. The molecule has 2 aromatic rings. The Kier molecular flexibility index (Phi) is 3.83. The number of anilines is 1. The lowest BCUT2D eigenvalue weighted by Gasteiger charge is -2.44. The minimum absolute atomic E-state index is 0.0161. The molecule has 0 spiro atoms. The van der Waals surface area contributed by atoms with E-state index in [1.165, 1.54) is 6.07 Å². The minimum atomic E-state index is -0.838. The molecule has 0 bridgehead atoms. The number of hydrazine groups is 1. The van der Waals surface area contributed by atoms with Crippen LogP contribution >= 0.6 is 11.6 Å². The Hall–Kier alpha value is -2.73. The number of hydrogen-bond acceptors (Lipinski definition) is 4. The lowest BCUT2D eigenvalue weighted by molar-refractivity contribution is -0.149. The predicted octanol–water partition coefficient (Wildman–Crippen LogP) is 1.81. The number of alkyl halides is 1. The fourth-order valence-corrected chi connectivity index (χ4v) is 2.77. The summed E-state index contributed by atoms with van der Waals surface area (Å²) in [4.78, 5) is 24.2. The van der Waals surface area contributed by atoms with Crippen molar-refractivity contribution in [3.05, 3.63) is 59.7 Å². The van der Waals surface area contributed by atoms with Gasteiger partial charge in [0, 0.05) is 16.8 Å². The Labute approximate surface area is 137 Å². The molecular weight excluding hydrogens is 318 g/mol. The van der Waals surface area contributed by atoms with E-state index in [-0.39, 0.29) is 5.75 Å². The van der Waals surface area contributed by atoms with Crippen molar-refractivity contribution in [3.63, 3.8) is 0 Å². The maximum Gasteiger partial charge on any atom is 0.269 e. The summed E-state index contributed by atoms with van der Waals surface area (Å²) in [6.07, 6.45) is 0. The molecule has 1 aliphatic heterocycles. The van der Waals surface area contributed by atoms with Gasteiger partial charge in [-0.05, 0) is 30.3 Å². The Morgan fingerprint density at radius 2 is 1.83 bits per heavy atom. The fourth-order valence-electron chi connectivity index (χ4n) is 2.42. The summed E-state index contributed by atoms with van der Waals surface area (Å²) in [6, 6.07) is 12.2. The number of hydrogen-bond donors (Lipinski definition) is 3. The van der Waals surface area contributed by atoms with E-state index in [1.54, 1.807) is 42.5 Å². The van der Waals surface area contributed by atoms with Crippen LogP contribution in [0.15, 0.2) is 48.5 Å². The number of phenolic OH excluding ortho intramolecular Hbond substituents is 1. The molecule has 1 heterocycles. The molecule has 118 valence electrons. The molecule has 1 aliphatic rings. The van der Waals surface area contributed by atoms with Crippen LogP contribution in [0.25, 0.3) is 0 Å². The third kappa shape index (κ3) is 2.68. The molecule has 0 saturated carbocycles. The SMILES string of the molecule is Nc1ccc(C(=O)NN2C(=O)[C@@H](Cl)[C@@H]2c2ccccc2O)cc1. The first kappa shape index (κ1) is 15.2. The van der Waals surface area contributed by atoms with Crippen LogP contribution in [0.2, 0.25) is 0 Å². The predicted molar refractivity (Wildman–Crippen MR) is 85.7 cm³/mol. The van der Waals surface area contributed by atoms with Crippen molar-refractivity contribution in [1.29, 1.82) is 0 Å². The van der Waals surface area contributed by atoms with E-state index in [0.29, 0.717) is 16.8 Å². The molecule has 2 atom stereocenters. The maximum atomic E-state index is 12.2. The number of nitrogens with zero attached hydrogens (tertiary/aromatic N) is 1. The van der Waals surface area contributed by atoms with Crippen molar-refractivity contribution in [2.45, 2.75) is 11.4 Å². The van der Waals surface area contributed by atoms with Gasteiger partial charge in [0.1, 0.15) is 17.2 Å². The van der Waals surface area contributed by atoms with Gasteiger partial charge in [0.15, 0.2) is 0 Å². The molecule has 0 unspecified atom stereocenters. The number of carbonyl (C=O) groups excluding carboxylic acids is 2. The van der Waals surface area contributed by atoms with E-state index in [9.17, 15) is 14.7 Å². The molecule has 6 nitrogen and oxygen atoms in total. The summed E-state index contributed by atoms with van der Waals surface area (Å²) in [5, 5.41) is 10.2. The van der Waals surface area contributed by atoms with Crippen LogP contribution in [0.3, 0.4) is 0 Å². The number of carbonyl (C=O) groups is 2. The normalized spacial score (nSPS) is 20.0. The lowest BCUT2D eigenvalue weighted by atomic mass is 9.94. The van der Waals surface area contributed by atoms with Gasteiger partial charge in [-0.1, -0.05) is 18.2 Å². The number of nitrogen functional groups attached to an aromatic ring is 1. The molecule has 0 aliphatic carbocycles. The highest BCUT2D eigenvalue weighted by Crippen LogP contribution is 2.40. The van der Waals surface area contributed by atoms with E-state index in [2.05, 4.69) is 5.43 Å². The highest BCUT2D eigenvalue weighted by atomic mass is 35.5. The summed E-state index contributed by atoms with van der Waals surface area (Å²) in [6.45, 7) is 0. The van der Waals surface area contributed by atoms with Crippen LogP contribution in [-0.4, -0.2) is 27.3 Å². The molecule has 0 radical (unpaired) electrons. The van der Waals surface area contributed by atoms with E-state index < -0.39 is 23.2 Å². The summed E-state index contributed by atoms with van der Waals surface area (Å²) < 4.78 is 0. The summed E-state index contributed by atoms with van der Waals surface area (Å²) in [5.41, 5.74) is 9.47. The Bertz CT molecular complexity index is 763. The van der Waals surface area contributed by atoms with Gasteiger partial charge in [-0.25, -0.2) is 5.01 Å². The number of halogens is 1. The van der Waals surface area contributed by atoms with Crippen LogP contribution in [0.4, 0.5) is 5.69 Å². The number of benzene rings is 2. The minimum Gasteiger partial charge on any atom is -0.508 e. The van der Waals surface area contributed by atoms with E-state index in [4.69, 9.17) is 17.3 Å². The number of nitrogens with one attached hydrogen (secondary N) is 1. The van der Waals surface area contributed by atoms with Gasteiger partial charge in [-0.2, -0.15) is 0 Å². The first-order chi connectivity index (χ1) is 11.0. The van der Waals surface area contributed by atoms with Crippen molar-refractivity contribution in [2.75, 3.05) is 5.73 Å². The first-order valence-electron chi connectivity index (χ1n) is 6.90. The molecular formula is C16H14ClN3O3. The van der Waals surface area contributed by atoms with Crippen LogP contribution in [0.1, 0.15) is 22.0 Å². The van der Waals surface area contributed by atoms with Gasteiger partial charge in [0.2, 0.25) is 0 Å². The first-order valence-corrected chi connectivity index (χ1v) is 7.34. The smallest absolute Gasteiger partial charge is 0.269 e. The standard InChI is InChI=1S/C16H14ClN3O3/c17-13-14(11-3-1-2-4-12(11)21)20(16(13)23)19-15(22)9-5-7-10(18)8-6-9/h1-8,13-14,21H,18H2,(H,19,22)/t13-,14-/m0/s1. The third-order valence-electron chi connectivity index (χ3n) is 3.68. The average molecular weight is 332 g/mol. The van der Waals surface area contributed by atoms with Gasteiger partial charge >= 0.3 is 0 Å². The van der Waals surface area contributed by atoms with Crippen LogP contribution in [-0.2, 0) is 4.79 Å². The molecule has 2 amide bonds. The van der Waals surface area contributed by atoms with E-state index in [0.717, 1.165) is 5.01 Å². The number of β-lactam (4-membered cyclic amide) rings is 1. The zero-order valence-electron chi connectivity index (χ0n) is 11.9. The molecule has 1 fully saturated rings. The van der Waals surface area contributed by atoms with E-state index >= 15 is 0 Å². The quantitative estimate of drug-likeness (QED) is 0.454. The van der Waals surface area contributed by atoms with Gasteiger partial charge < -0.3 is 10.8 Å². The Balaban J connectivity index is 1.81. The topological polar surface area (TPSA) is 95.7 Å². The third-order valence-corrected chi connectivity index (χ3v) is 4.10. The number of para-hydroxylation sites is 1.